The number of fused-ring (bicyclic) bond motifs is 1. The smallest absolute Gasteiger partial charge is 0.254 e. The Balaban J connectivity index is 1.59. The highest BCUT2D eigenvalue weighted by atomic mass is 16.5. The largest absolute Gasteiger partial charge is 0.378 e. The molecule has 0 radical (unpaired) electrons. The van der Waals surface area contributed by atoms with Crippen molar-refractivity contribution in [1.29, 1.82) is 0 Å². The van der Waals surface area contributed by atoms with Crippen molar-refractivity contribution < 1.29 is 4.74 Å². The van der Waals surface area contributed by atoms with Crippen LogP contribution in [0.15, 0.2) is 42.7 Å². The van der Waals surface area contributed by atoms with Gasteiger partial charge in [0.25, 0.3) is 5.78 Å². The molecule has 3 aromatic rings. The molecular weight excluding hydrogens is 326 g/mol. The molecule has 1 aromatic carbocycles. The predicted molar refractivity (Wildman–Crippen MR) is 102 cm³/mol. The summed E-state index contributed by atoms with van der Waals surface area (Å²) in [5, 5.41) is 4.33. The Labute approximate surface area is 153 Å². The number of anilines is 1. The van der Waals surface area contributed by atoms with Crippen molar-refractivity contribution in [2.45, 2.75) is 26.4 Å². The number of benzene rings is 1. The van der Waals surface area contributed by atoms with Crippen LogP contribution >= 0.6 is 0 Å². The van der Waals surface area contributed by atoms with E-state index >= 15 is 0 Å². The lowest BCUT2D eigenvalue weighted by Crippen LogP contribution is -2.30. The zero-order chi connectivity index (χ0) is 17.9. The van der Waals surface area contributed by atoms with Gasteiger partial charge in [-0.25, -0.2) is 4.98 Å². The first-order valence-corrected chi connectivity index (χ1v) is 9.00. The molecule has 0 saturated carbocycles. The molecule has 2 aromatic heterocycles. The van der Waals surface area contributed by atoms with Crippen LogP contribution < -0.4 is 4.90 Å². The summed E-state index contributed by atoms with van der Waals surface area (Å²) in [6.45, 7) is 4.43. The zero-order valence-electron chi connectivity index (χ0n) is 15.2. The van der Waals surface area contributed by atoms with E-state index in [1.165, 1.54) is 16.7 Å². The van der Waals surface area contributed by atoms with Crippen LogP contribution in [0.25, 0.3) is 11.4 Å². The molecule has 134 valence electrons. The van der Waals surface area contributed by atoms with Crippen LogP contribution in [0.5, 0.6) is 0 Å². The normalized spacial score (nSPS) is 14.7. The van der Waals surface area contributed by atoms with E-state index < -0.39 is 0 Å². The molecule has 0 amide bonds. The van der Waals surface area contributed by atoms with E-state index in [1.807, 2.05) is 6.07 Å². The quantitative estimate of drug-likeness (QED) is 0.708. The Kier molecular flexibility index (Phi) is 4.67. The lowest BCUT2D eigenvalue weighted by molar-refractivity contribution is 0.181. The second-order valence-electron chi connectivity index (χ2n) is 6.49. The molecule has 0 saturated heterocycles. The van der Waals surface area contributed by atoms with Crippen molar-refractivity contribution in [3.05, 3.63) is 59.6 Å². The number of ether oxygens (including phenoxy) is 1. The van der Waals surface area contributed by atoms with Crippen LogP contribution in [0.3, 0.4) is 0 Å². The molecule has 0 atom stereocenters. The van der Waals surface area contributed by atoms with E-state index in [4.69, 9.17) is 4.74 Å². The van der Waals surface area contributed by atoms with Gasteiger partial charge in [-0.2, -0.15) is 14.6 Å². The molecule has 0 N–H and O–H groups in total. The monoisotopic (exact) mass is 349 g/mol. The maximum atomic E-state index is 5.24. The van der Waals surface area contributed by atoms with Gasteiger partial charge in [-0.1, -0.05) is 37.3 Å². The van der Waals surface area contributed by atoms with E-state index in [9.17, 15) is 0 Å². The summed E-state index contributed by atoms with van der Waals surface area (Å²) < 4.78 is 7.04. The minimum atomic E-state index is 0.467. The molecule has 3 heterocycles. The van der Waals surface area contributed by atoms with Gasteiger partial charge in [0.2, 0.25) is 0 Å². The first kappa shape index (κ1) is 16.7. The third kappa shape index (κ3) is 3.20. The molecule has 1 aliphatic heterocycles. The van der Waals surface area contributed by atoms with Crippen LogP contribution in [0.4, 0.5) is 5.82 Å². The molecule has 0 unspecified atom stereocenters. The number of aromatic nitrogens is 4. The molecule has 0 bridgehead atoms. The molecule has 6 heteroatoms. The van der Waals surface area contributed by atoms with Gasteiger partial charge in [0.05, 0.1) is 12.3 Å². The first-order chi connectivity index (χ1) is 12.8. The van der Waals surface area contributed by atoms with Crippen molar-refractivity contribution in [3.8, 4) is 0 Å². The lowest BCUT2D eigenvalue weighted by Gasteiger charge is -2.28. The highest BCUT2D eigenvalue weighted by Crippen LogP contribution is 2.26. The van der Waals surface area contributed by atoms with E-state index in [0.717, 1.165) is 37.4 Å². The average Bonchev–Trinajstić information content (AvgIpc) is 3.16. The molecule has 1 aliphatic rings. The van der Waals surface area contributed by atoms with Gasteiger partial charge in [0.15, 0.2) is 0 Å². The van der Waals surface area contributed by atoms with Crippen LogP contribution in [-0.4, -0.2) is 39.8 Å². The first-order valence-electron chi connectivity index (χ1n) is 9.00. The van der Waals surface area contributed by atoms with Gasteiger partial charge < -0.3 is 9.64 Å². The van der Waals surface area contributed by atoms with Crippen molar-refractivity contribution in [3.63, 3.8) is 0 Å². The van der Waals surface area contributed by atoms with Crippen LogP contribution in [0.1, 0.15) is 30.2 Å². The van der Waals surface area contributed by atoms with Gasteiger partial charge in [-0.3, -0.25) is 0 Å². The standard InChI is InChI=1S/C20H23N5O/c1-3-15-4-6-16(7-5-15)17-8-10-24(11-9-17)19-12-18(13-26-2)23-20-21-14-22-25(19)20/h4-8,12,14H,3,9-11,13H2,1-2H3. The number of rotatable bonds is 5. The SMILES string of the molecule is CCc1ccc(C2=CCN(c3cc(COC)nc4ncnn34)CC2)cc1. The zero-order valence-corrected chi connectivity index (χ0v) is 15.2. The maximum absolute atomic E-state index is 5.24. The maximum Gasteiger partial charge on any atom is 0.254 e. The topological polar surface area (TPSA) is 55.5 Å². The van der Waals surface area contributed by atoms with Gasteiger partial charge in [0.1, 0.15) is 12.1 Å². The van der Waals surface area contributed by atoms with E-state index in [1.54, 1.807) is 18.0 Å². The van der Waals surface area contributed by atoms with Crippen molar-refractivity contribution in [2.75, 3.05) is 25.1 Å². The van der Waals surface area contributed by atoms with Crippen LogP contribution in [-0.2, 0) is 17.8 Å². The third-order valence-corrected chi connectivity index (χ3v) is 4.84. The second-order valence-corrected chi connectivity index (χ2v) is 6.49. The Morgan fingerprint density at radius 1 is 1.19 bits per heavy atom. The second kappa shape index (κ2) is 7.25. The number of hydrogen-bond donors (Lipinski definition) is 0. The lowest BCUT2D eigenvalue weighted by atomic mass is 9.98. The Morgan fingerprint density at radius 2 is 2.04 bits per heavy atom. The molecule has 4 rings (SSSR count). The Bertz CT molecular complexity index is 929. The average molecular weight is 349 g/mol. The molecule has 6 nitrogen and oxygen atoms in total. The minimum Gasteiger partial charge on any atom is -0.378 e. The predicted octanol–water partition coefficient (Wildman–Crippen LogP) is 3.13. The van der Waals surface area contributed by atoms with Gasteiger partial charge in [0, 0.05) is 26.3 Å². The number of methoxy groups -OCH3 is 1. The summed E-state index contributed by atoms with van der Waals surface area (Å²) >= 11 is 0. The number of aryl methyl sites for hydroxylation is 1. The number of nitrogens with zero attached hydrogens (tertiary/aromatic N) is 5. The fourth-order valence-corrected chi connectivity index (χ4v) is 3.39. The molecule has 26 heavy (non-hydrogen) atoms. The molecule has 0 aliphatic carbocycles. The van der Waals surface area contributed by atoms with Crippen LogP contribution in [0, 0.1) is 0 Å². The summed E-state index contributed by atoms with van der Waals surface area (Å²) in [6, 6.07) is 11.0. The molecule has 0 spiro atoms. The summed E-state index contributed by atoms with van der Waals surface area (Å²) in [5.74, 6) is 1.62. The summed E-state index contributed by atoms with van der Waals surface area (Å²) in [6.07, 6.45) is 5.93. The van der Waals surface area contributed by atoms with Crippen molar-refractivity contribution in [2.24, 2.45) is 0 Å². The summed E-state index contributed by atoms with van der Waals surface area (Å²) in [5.41, 5.74) is 4.98. The molecular formula is C20H23N5O. The highest BCUT2D eigenvalue weighted by Gasteiger charge is 2.18. The fourth-order valence-electron chi connectivity index (χ4n) is 3.39. The van der Waals surface area contributed by atoms with E-state index in [2.05, 4.69) is 57.2 Å². The van der Waals surface area contributed by atoms with Crippen molar-refractivity contribution >= 4 is 17.2 Å². The number of hydrogen-bond acceptors (Lipinski definition) is 5. The van der Waals surface area contributed by atoms with Gasteiger partial charge >= 0.3 is 0 Å². The van der Waals surface area contributed by atoms with Crippen molar-refractivity contribution in [1.82, 2.24) is 19.6 Å². The Morgan fingerprint density at radius 3 is 2.73 bits per heavy atom. The minimum absolute atomic E-state index is 0.467. The van der Waals surface area contributed by atoms with Gasteiger partial charge in [-0.05, 0) is 29.5 Å². The summed E-state index contributed by atoms with van der Waals surface area (Å²) in [4.78, 5) is 11.0. The van der Waals surface area contributed by atoms with Crippen LogP contribution in [0.2, 0.25) is 0 Å². The highest BCUT2D eigenvalue weighted by molar-refractivity contribution is 5.68. The Hall–Kier alpha value is -2.73. The van der Waals surface area contributed by atoms with Gasteiger partial charge in [-0.15, -0.1) is 0 Å². The molecule has 0 fully saturated rings. The fraction of sp³-hybridized carbons (Fsp3) is 0.350. The van der Waals surface area contributed by atoms with E-state index in [-0.39, 0.29) is 0 Å². The van der Waals surface area contributed by atoms with E-state index in [0.29, 0.717) is 12.4 Å². The summed E-state index contributed by atoms with van der Waals surface area (Å²) in [7, 11) is 1.68. The third-order valence-electron chi connectivity index (χ3n) is 4.84.